The molecule has 2 N–H and O–H groups in total. The van der Waals surface area contributed by atoms with E-state index in [0.717, 1.165) is 56.5 Å². The Bertz CT molecular complexity index is 1130. The molecule has 39 heavy (non-hydrogen) atoms. The predicted molar refractivity (Wildman–Crippen MR) is 156 cm³/mol. The number of terminal acetylenes is 1. The van der Waals surface area contributed by atoms with Crippen LogP contribution in [0.3, 0.4) is 0 Å². The van der Waals surface area contributed by atoms with E-state index in [1.54, 1.807) is 12.1 Å². The maximum atomic E-state index is 11.3. The molecule has 6 heteroatoms. The van der Waals surface area contributed by atoms with Crippen LogP contribution < -0.4 is 10.1 Å². The van der Waals surface area contributed by atoms with Gasteiger partial charge >= 0.3 is 0 Å². The zero-order valence-electron chi connectivity index (χ0n) is 22.6. The molecule has 0 fully saturated rings. The molecule has 0 bridgehead atoms. The fraction of sp³-hybridized carbons (Fsp3) is 0.364. The number of anilines is 1. The predicted octanol–water partition coefficient (Wildman–Crippen LogP) is 5.97. The monoisotopic (exact) mass is 528 g/mol. The van der Waals surface area contributed by atoms with Crippen molar-refractivity contribution in [2.24, 2.45) is 0 Å². The molecular weight excluding hydrogens is 488 g/mol. The summed E-state index contributed by atoms with van der Waals surface area (Å²) in [7, 11) is 0. The summed E-state index contributed by atoms with van der Waals surface area (Å²) in [5, 5.41) is 13.9. The highest BCUT2D eigenvalue weighted by atomic mass is 16.5. The molecule has 206 valence electrons. The van der Waals surface area contributed by atoms with Crippen LogP contribution in [0.25, 0.3) is 0 Å². The van der Waals surface area contributed by atoms with Gasteiger partial charge in [0.25, 0.3) is 0 Å². The number of aliphatic hydroxyl groups excluding tert-OH is 1. The minimum atomic E-state index is -0.714. The Hall–Kier alpha value is -3.63. The van der Waals surface area contributed by atoms with Gasteiger partial charge in [-0.3, -0.25) is 9.69 Å². The number of aliphatic hydroxyl groups is 1. The lowest BCUT2D eigenvalue weighted by Crippen LogP contribution is -2.29. The van der Waals surface area contributed by atoms with Crippen LogP contribution in [-0.2, 0) is 22.7 Å². The minimum Gasteiger partial charge on any atom is -0.487 e. The van der Waals surface area contributed by atoms with Crippen molar-refractivity contribution in [3.63, 3.8) is 0 Å². The second-order valence-electron chi connectivity index (χ2n) is 9.51. The number of carbonyl (C=O) groups excluding carboxylic acids is 1. The van der Waals surface area contributed by atoms with Gasteiger partial charge in [0.05, 0.1) is 18.4 Å². The number of ether oxygens (including phenoxy) is 2. The van der Waals surface area contributed by atoms with E-state index in [-0.39, 0.29) is 0 Å². The van der Waals surface area contributed by atoms with E-state index in [9.17, 15) is 9.90 Å². The summed E-state index contributed by atoms with van der Waals surface area (Å²) in [4.78, 5) is 13.6. The lowest BCUT2D eigenvalue weighted by atomic mass is 10.1. The van der Waals surface area contributed by atoms with Crippen molar-refractivity contribution >= 4 is 12.1 Å². The van der Waals surface area contributed by atoms with Gasteiger partial charge in [-0.2, -0.15) is 0 Å². The molecule has 0 spiro atoms. The molecule has 0 heterocycles. The van der Waals surface area contributed by atoms with Crippen LogP contribution in [0, 0.1) is 12.3 Å². The van der Waals surface area contributed by atoms with Gasteiger partial charge in [-0.05, 0) is 48.2 Å². The van der Waals surface area contributed by atoms with Gasteiger partial charge in [0.1, 0.15) is 12.4 Å². The number of hydrogen-bond acceptors (Lipinski definition) is 5. The molecule has 1 atom stereocenters. The van der Waals surface area contributed by atoms with E-state index < -0.39 is 6.10 Å². The third-order valence-corrected chi connectivity index (χ3v) is 6.42. The van der Waals surface area contributed by atoms with Gasteiger partial charge in [-0.25, -0.2) is 0 Å². The van der Waals surface area contributed by atoms with Crippen molar-refractivity contribution in [2.75, 3.05) is 31.6 Å². The number of hydrogen-bond donors (Lipinski definition) is 2. The van der Waals surface area contributed by atoms with Crippen LogP contribution in [-0.4, -0.2) is 42.7 Å². The van der Waals surface area contributed by atoms with Gasteiger partial charge in [0.15, 0.2) is 0 Å². The van der Waals surface area contributed by atoms with Crippen molar-refractivity contribution in [3.8, 4) is 18.1 Å². The van der Waals surface area contributed by atoms with Crippen molar-refractivity contribution in [1.29, 1.82) is 0 Å². The standard InChI is InChI=1S/C33H40N2O4/c1-2-3-21-38-22-13-5-4-12-20-35(24-28-14-8-6-9-15-28)25-32(37)30-18-19-33(31(23-30)34-27-36)39-26-29-16-10-7-11-17-29/h1,6-11,14-19,23,27,32,37H,3-5,12-13,20-22,24-26H2,(H,34,36). The van der Waals surface area contributed by atoms with Crippen molar-refractivity contribution in [2.45, 2.75) is 51.4 Å². The van der Waals surface area contributed by atoms with Crippen LogP contribution in [0.4, 0.5) is 5.69 Å². The first-order valence-electron chi connectivity index (χ1n) is 13.7. The fourth-order valence-electron chi connectivity index (χ4n) is 4.35. The highest BCUT2D eigenvalue weighted by molar-refractivity contribution is 5.76. The zero-order valence-corrected chi connectivity index (χ0v) is 22.6. The molecule has 0 saturated heterocycles. The summed E-state index contributed by atoms with van der Waals surface area (Å²) >= 11 is 0. The van der Waals surface area contributed by atoms with E-state index in [1.165, 1.54) is 5.56 Å². The molecule has 0 aliphatic carbocycles. The minimum absolute atomic E-state index is 0.387. The molecule has 3 aromatic carbocycles. The molecule has 0 aliphatic heterocycles. The number of amides is 1. The van der Waals surface area contributed by atoms with E-state index in [1.807, 2.05) is 54.6 Å². The summed E-state index contributed by atoms with van der Waals surface area (Å²) in [6.07, 6.45) is 10.1. The van der Waals surface area contributed by atoms with Gasteiger partial charge < -0.3 is 19.9 Å². The maximum Gasteiger partial charge on any atom is 0.211 e. The summed E-state index contributed by atoms with van der Waals surface area (Å²) < 4.78 is 11.5. The summed E-state index contributed by atoms with van der Waals surface area (Å²) in [5.41, 5.74) is 3.51. The van der Waals surface area contributed by atoms with Crippen LogP contribution in [0.15, 0.2) is 78.9 Å². The van der Waals surface area contributed by atoms with E-state index in [2.05, 4.69) is 28.3 Å². The zero-order chi connectivity index (χ0) is 27.5. The average Bonchev–Trinajstić information content (AvgIpc) is 2.96. The molecule has 1 unspecified atom stereocenters. The van der Waals surface area contributed by atoms with Crippen molar-refractivity contribution in [1.82, 2.24) is 4.90 Å². The summed E-state index contributed by atoms with van der Waals surface area (Å²) in [6, 6.07) is 25.6. The molecule has 6 nitrogen and oxygen atoms in total. The van der Waals surface area contributed by atoms with Gasteiger partial charge in [0, 0.05) is 26.1 Å². The topological polar surface area (TPSA) is 71.0 Å². The molecule has 3 rings (SSSR count). The van der Waals surface area contributed by atoms with Gasteiger partial charge in [-0.15, -0.1) is 12.3 Å². The molecule has 0 saturated carbocycles. The third kappa shape index (κ3) is 11.3. The Morgan fingerprint density at radius 3 is 2.36 bits per heavy atom. The second-order valence-corrected chi connectivity index (χ2v) is 9.51. The fourth-order valence-corrected chi connectivity index (χ4v) is 4.35. The third-order valence-electron chi connectivity index (χ3n) is 6.42. The van der Waals surface area contributed by atoms with Crippen molar-refractivity contribution < 1.29 is 19.4 Å². The first-order chi connectivity index (χ1) is 19.2. The summed E-state index contributed by atoms with van der Waals surface area (Å²) in [5.74, 6) is 3.15. The molecule has 0 aliphatic rings. The normalized spacial score (nSPS) is 11.6. The quantitative estimate of drug-likeness (QED) is 0.114. The molecule has 3 aromatic rings. The molecule has 0 radical (unpaired) electrons. The lowest BCUT2D eigenvalue weighted by Gasteiger charge is -2.26. The first kappa shape index (κ1) is 29.9. The molecular formula is C33H40N2O4. The molecule has 1 amide bonds. The molecule has 0 aromatic heterocycles. The number of rotatable bonds is 19. The van der Waals surface area contributed by atoms with Crippen LogP contribution in [0.2, 0.25) is 0 Å². The van der Waals surface area contributed by atoms with Gasteiger partial charge in [-0.1, -0.05) is 79.6 Å². The Kier molecular flexibility index (Phi) is 13.7. The largest absolute Gasteiger partial charge is 0.487 e. The average molecular weight is 529 g/mol. The number of nitrogens with one attached hydrogen (secondary N) is 1. The van der Waals surface area contributed by atoms with Crippen LogP contribution >= 0.6 is 0 Å². The van der Waals surface area contributed by atoms with Gasteiger partial charge in [0.2, 0.25) is 6.41 Å². The Morgan fingerprint density at radius 2 is 1.64 bits per heavy atom. The first-order valence-corrected chi connectivity index (χ1v) is 13.7. The van der Waals surface area contributed by atoms with E-state index in [0.29, 0.717) is 44.0 Å². The Labute approximate surface area is 233 Å². The Morgan fingerprint density at radius 1 is 0.923 bits per heavy atom. The van der Waals surface area contributed by atoms with Crippen LogP contribution in [0.5, 0.6) is 5.75 Å². The lowest BCUT2D eigenvalue weighted by molar-refractivity contribution is -0.105. The number of carbonyl (C=O) groups is 1. The van der Waals surface area contributed by atoms with Crippen LogP contribution in [0.1, 0.15) is 54.9 Å². The second kappa shape index (κ2) is 17.8. The highest BCUT2D eigenvalue weighted by Gasteiger charge is 2.16. The summed E-state index contributed by atoms with van der Waals surface area (Å²) in [6.45, 7) is 3.87. The maximum absolute atomic E-state index is 11.3. The highest BCUT2D eigenvalue weighted by Crippen LogP contribution is 2.29. The van der Waals surface area contributed by atoms with E-state index in [4.69, 9.17) is 15.9 Å². The SMILES string of the molecule is C#CCCOCCCCCCN(Cc1ccccc1)CC(O)c1ccc(OCc2ccccc2)c(NC=O)c1. The smallest absolute Gasteiger partial charge is 0.211 e. The van der Waals surface area contributed by atoms with Crippen molar-refractivity contribution in [3.05, 3.63) is 95.6 Å². The van der Waals surface area contributed by atoms with E-state index >= 15 is 0 Å². The number of nitrogens with zero attached hydrogens (tertiary/aromatic N) is 1. The Balaban J connectivity index is 1.57. The number of unbranched alkanes of at least 4 members (excludes halogenated alkanes) is 3. The number of benzene rings is 3.